The first-order chi connectivity index (χ1) is 6.95. The number of unbranched alkanes of at least 4 members (excludes halogenated alkanes) is 1. The normalized spacial score (nSPS) is 11.8. The summed E-state index contributed by atoms with van der Waals surface area (Å²) in [6, 6.07) is 0.968. The summed E-state index contributed by atoms with van der Waals surface area (Å²) in [6.45, 7) is 2.53. The Hall–Kier alpha value is -1.20. The molecule has 85 valence electrons. The lowest BCUT2D eigenvalue weighted by Gasteiger charge is -2.00. The summed E-state index contributed by atoms with van der Waals surface area (Å²) in [6.07, 6.45) is -2.56. The Kier molecular flexibility index (Phi) is 3.60. The molecule has 0 aliphatic heterocycles. The largest absolute Gasteiger partial charge is 0.435 e. The van der Waals surface area contributed by atoms with Gasteiger partial charge in [-0.2, -0.15) is 18.3 Å². The van der Waals surface area contributed by atoms with Crippen LogP contribution >= 0.6 is 0 Å². The lowest BCUT2D eigenvalue weighted by Crippen LogP contribution is -2.06. The van der Waals surface area contributed by atoms with Crippen LogP contribution in [0.5, 0.6) is 0 Å². The highest BCUT2D eigenvalue weighted by Gasteiger charge is 2.34. The Labute approximate surface area is 86.3 Å². The maximum atomic E-state index is 12.3. The van der Waals surface area contributed by atoms with Crippen LogP contribution in [-0.2, 0) is 13.2 Å². The Morgan fingerprint density at radius 2 is 2.13 bits per heavy atom. The number of hydrogen-bond donors (Lipinski definition) is 0. The van der Waals surface area contributed by atoms with Gasteiger partial charge in [-0.15, -0.1) is 0 Å². The predicted molar refractivity (Wildman–Crippen MR) is 49.8 cm³/mol. The van der Waals surface area contributed by atoms with E-state index in [-0.39, 0.29) is 5.82 Å². The highest BCUT2D eigenvalue weighted by atomic mass is 19.4. The van der Waals surface area contributed by atoms with Crippen LogP contribution < -0.4 is 5.32 Å². The van der Waals surface area contributed by atoms with Crippen molar-refractivity contribution >= 4 is 5.82 Å². The van der Waals surface area contributed by atoms with Gasteiger partial charge in [0.15, 0.2) is 5.69 Å². The van der Waals surface area contributed by atoms with Crippen molar-refractivity contribution in [1.29, 1.82) is 0 Å². The summed E-state index contributed by atoms with van der Waals surface area (Å²) in [5, 5.41) is 7.39. The molecule has 0 saturated carbocycles. The van der Waals surface area contributed by atoms with Crippen LogP contribution in [0.1, 0.15) is 25.5 Å². The first-order valence-corrected chi connectivity index (χ1v) is 4.74. The van der Waals surface area contributed by atoms with Crippen LogP contribution in [0.3, 0.4) is 0 Å². The maximum Gasteiger partial charge on any atom is 0.435 e. The third-order valence-electron chi connectivity index (χ3n) is 1.93. The molecule has 0 saturated heterocycles. The van der Waals surface area contributed by atoms with Gasteiger partial charge in [-0.1, -0.05) is 13.3 Å². The number of alkyl halides is 3. The van der Waals surface area contributed by atoms with Gasteiger partial charge in [-0.3, -0.25) is 10.00 Å². The molecule has 1 radical (unpaired) electrons. The molecule has 1 rings (SSSR count). The molecule has 1 aromatic heterocycles. The number of aromatic nitrogens is 2. The molecular formula is C9H13F3N3. The molecule has 15 heavy (non-hydrogen) atoms. The van der Waals surface area contributed by atoms with Crippen molar-refractivity contribution in [3.05, 3.63) is 11.8 Å². The van der Waals surface area contributed by atoms with Crippen LogP contribution in [0.15, 0.2) is 6.07 Å². The molecule has 0 atom stereocenters. The number of nitrogens with zero attached hydrogens (tertiary/aromatic N) is 3. The van der Waals surface area contributed by atoms with Crippen LogP contribution in [0.2, 0.25) is 0 Å². The summed E-state index contributed by atoms with van der Waals surface area (Å²) in [4.78, 5) is 0. The Balaban J connectivity index is 2.69. The van der Waals surface area contributed by atoms with E-state index in [0.29, 0.717) is 6.54 Å². The van der Waals surface area contributed by atoms with Crippen molar-refractivity contribution in [2.24, 2.45) is 7.05 Å². The van der Waals surface area contributed by atoms with Crippen LogP contribution in [-0.4, -0.2) is 16.3 Å². The zero-order valence-electron chi connectivity index (χ0n) is 8.67. The van der Waals surface area contributed by atoms with E-state index in [4.69, 9.17) is 0 Å². The molecule has 0 aliphatic rings. The number of rotatable bonds is 4. The second-order valence-electron chi connectivity index (χ2n) is 3.24. The van der Waals surface area contributed by atoms with Gasteiger partial charge in [-0.05, 0) is 6.42 Å². The third kappa shape index (κ3) is 3.14. The minimum Gasteiger partial charge on any atom is -0.267 e. The first kappa shape index (κ1) is 11.9. The van der Waals surface area contributed by atoms with E-state index in [1.807, 2.05) is 6.92 Å². The lowest BCUT2D eigenvalue weighted by atomic mass is 10.3. The van der Waals surface area contributed by atoms with E-state index < -0.39 is 11.9 Å². The molecule has 0 spiro atoms. The van der Waals surface area contributed by atoms with Gasteiger partial charge in [0.25, 0.3) is 0 Å². The molecule has 0 fully saturated rings. The molecular weight excluding hydrogens is 207 g/mol. The summed E-state index contributed by atoms with van der Waals surface area (Å²) in [5.74, 6) is 0.274. The van der Waals surface area contributed by atoms with Crippen LogP contribution in [0.25, 0.3) is 0 Å². The highest BCUT2D eigenvalue weighted by molar-refractivity contribution is 5.29. The van der Waals surface area contributed by atoms with Crippen molar-refractivity contribution in [1.82, 2.24) is 15.1 Å². The van der Waals surface area contributed by atoms with Crippen molar-refractivity contribution in [2.45, 2.75) is 25.9 Å². The van der Waals surface area contributed by atoms with E-state index >= 15 is 0 Å². The maximum absolute atomic E-state index is 12.3. The molecule has 0 amide bonds. The van der Waals surface area contributed by atoms with Gasteiger partial charge in [0, 0.05) is 19.7 Å². The van der Waals surface area contributed by atoms with Crippen LogP contribution in [0, 0.1) is 0 Å². The quantitative estimate of drug-likeness (QED) is 0.717. The first-order valence-electron chi connectivity index (χ1n) is 4.74. The fraction of sp³-hybridized carbons (Fsp3) is 0.667. The summed E-state index contributed by atoms with van der Waals surface area (Å²) in [7, 11) is 1.46. The van der Waals surface area contributed by atoms with E-state index in [1.54, 1.807) is 0 Å². The monoisotopic (exact) mass is 220 g/mol. The Morgan fingerprint density at radius 3 is 2.60 bits per heavy atom. The van der Waals surface area contributed by atoms with Gasteiger partial charge in [0.05, 0.1) is 0 Å². The summed E-state index contributed by atoms with van der Waals surface area (Å²) >= 11 is 0. The van der Waals surface area contributed by atoms with Gasteiger partial charge in [-0.25, -0.2) is 0 Å². The minimum atomic E-state index is -4.39. The van der Waals surface area contributed by atoms with Crippen molar-refractivity contribution < 1.29 is 13.2 Å². The van der Waals surface area contributed by atoms with Crippen molar-refractivity contribution in [3.8, 4) is 0 Å². The molecule has 6 heteroatoms. The zero-order chi connectivity index (χ0) is 11.5. The number of hydrogen-bond acceptors (Lipinski definition) is 1. The van der Waals surface area contributed by atoms with E-state index in [1.165, 1.54) is 7.05 Å². The number of aryl methyl sites for hydroxylation is 1. The third-order valence-corrected chi connectivity index (χ3v) is 1.93. The van der Waals surface area contributed by atoms with Crippen LogP contribution in [0.4, 0.5) is 19.0 Å². The van der Waals surface area contributed by atoms with Gasteiger partial charge < -0.3 is 0 Å². The standard InChI is InChI=1S/C9H13F3N3/c1-3-4-5-13-8-6-7(9(10,11)12)14-15(8)2/h6H,3-5H2,1-2H3. The van der Waals surface area contributed by atoms with E-state index in [9.17, 15) is 13.2 Å². The van der Waals surface area contributed by atoms with Gasteiger partial charge in [0.2, 0.25) is 0 Å². The molecule has 1 heterocycles. The molecule has 0 aromatic carbocycles. The zero-order valence-corrected chi connectivity index (χ0v) is 8.67. The van der Waals surface area contributed by atoms with E-state index in [2.05, 4.69) is 10.4 Å². The highest BCUT2D eigenvalue weighted by Crippen LogP contribution is 2.29. The average Bonchev–Trinajstić information content (AvgIpc) is 2.48. The average molecular weight is 220 g/mol. The topological polar surface area (TPSA) is 31.9 Å². The molecule has 0 aliphatic carbocycles. The van der Waals surface area contributed by atoms with Gasteiger partial charge in [0.1, 0.15) is 5.82 Å². The van der Waals surface area contributed by atoms with Crippen molar-refractivity contribution in [2.75, 3.05) is 6.54 Å². The lowest BCUT2D eigenvalue weighted by molar-refractivity contribution is -0.141. The Morgan fingerprint density at radius 1 is 1.47 bits per heavy atom. The summed E-state index contributed by atoms with van der Waals surface area (Å²) in [5.41, 5.74) is -0.889. The molecule has 0 bridgehead atoms. The predicted octanol–water partition coefficient (Wildman–Crippen LogP) is 2.47. The molecule has 0 unspecified atom stereocenters. The second kappa shape index (κ2) is 4.55. The second-order valence-corrected chi connectivity index (χ2v) is 3.24. The Bertz CT molecular complexity index is 317. The minimum absolute atomic E-state index is 0.274. The van der Waals surface area contributed by atoms with Crippen molar-refractivity contribution in [3.63, 3.8) is 0 Å². The number of halogens is 3. The fourth-order valence-electron chi connectivity index (χ4n) is 1.10. The SMILES string of the molecule is CCCC[N]c1cc(C(F)(F)F)nn1C. The molecule has 0 N–H and O–H groups in total. The molecule has 1 aromatic rings. The van der Waals surface area contributed by atoms with Gasteiger partial charge >= 0.3 is 6.18 Å². The fourth-order valence-corrected chi connectivity index (χ4v) is 1.10. The summed E-state index contributed by atoms with van der Waals surface area (Å²) < 4.78 is 37.9. The smallest absolute Gasteiger partial charge is 0.267 e. The van der Waals surface area contributed by atoms with E-state index in [0.717, 1.165) is 23.6 Å². The molecule has 3 nitrogen and oxygen atoms in total.